The van der Waals surface area contributed by atoms with Crippen molar-refractivity contribution in [2.45, 2.75) is 46.1 Å². The van der Waals surface area contributed by atoms with Gasteiger partial charge in [-0.2, -0.15) is 5.10 Å². The Kier molecular flexibility index (Phi) is 3.68. The van der Waals surface area contributed by atoms with Crippen LogP contribution in [0, 0.1) is 31.6 Å². The van der Waals surface area contributed by atoms with Crippen LogP contribution >= 0.6 is 0 Å². The predicted molar refractivity (Wildman–Crippen MR) is 82.7 cm³/mol. The SMILES string of the molecule is Cc1nn(CC(=O)N(C)CC2CC3CCC2C3)c(C)c1N. The number of nitrogens with two attached hydrogens (primary N) is 1. The van der Waals surface area contributed by atoms with Gasteiger partial charge in [0.05, 0.1) is 17.1 Å². The van der Waals surface area contributed by atoms with E-state index in [2.05, 4.69) is 5.10 Å². The lowest BCUT2D eigenvalue weighted by Gasteiger charge is -2.27. The van der Waals surface area contributed by atoms with Crippen molar-refractivity contribution in [3.8, 4) is 0 Å². The van der Waals surface area contributed by atoms with Gasteiger partial charge in [0.2, 0.25) is 5.91 Å². The monoisotopic (exact) mass is 290 g/mol. The lowest BCUT2D eigenvalue weighted by Crippen LogP contribution is -2.36. The quantitative estimate of drug-likeness (QED) is 0.922. The van der Waals surface area contributed by atoms with Crippen molar-refractivity contribution in [2.24, 2.45) is 17.8 Å². The number of carbonyl (C=O) groups is 1. The van der Waals surface area contributed by atoms with Gasteiger partial charge < -0.3 is 10.6 Å². The maximum atomic E-state index is 12.4. The summed E-state index contributed by atoms with van der Waals surface area (Å²) in [5.41, 5.74) is 8.30. The van der Waals surface area contributed by atoms with Gasteiger partial charge >= 0.3 is 0 Å². The average molecular weight is 290 g/mol. The molecular weight excluding hydrogens is 264 g/mol. The van der Waals surface area contributed by atoms with Crippen molar-refractivity contribution in [2.75, 3.05) is 19.3 Å². The van der Waals surface area contributed by atoms with Gasteiger partial charge in [0.25, 0.3) is 0 Å². The summed E-state index contributed by atoms with van der Waals surface area (Å²) in [7, 11) is 1.92. The second-order valence-corrected chi connectivity index (χ2v) is 6.95. The molecule has 5 nitrogen and oxygen atoms in total. The molecule has 0 saturated heterocycles. The van der Waals surface area contributed by atoms with Gasteiger partial charge in [0.15, 0.2) is 0 Å². The Morgan fingerprint density at radius 3 is 2.67 bits per heavy atom. The van der Waals surface area contributed by atoms with Crippen LogP contribution in [0.5, 0.6) is 0 Å². The molecule has 2 N–H and O–H groups in total. The molecule has 3 unspecified atom stereocenters. The molecule has 1 heterocycles. The highest BCUT2D eigenvalue weighted by Crippen LogP contribution is 2.48. The second-order valence-electron chi connectivity index (χ2n) is 6.95. The van der Waals surface area contributed by atoms with Crippen molar-refractivity contribution in [1.29, 1.82) is 0 Å². The first kappa shape index (κ1) is 14.4. The number of aryl methyl sites for hydroxylation is 1. The zero-order valence-corrected chi connectivity index (χ0v) is 13.3. The summed E-state index contributed by atoms with van der Waals surface area (Å²) in [6.07, 6.45) is 5.48. The molecule has 1 amide bonds. The highest BCUT2D eigenvalue weighted by Gasteiger charge is 2.40. The third kappa shape index (κ3) is 2.65. The first-order chi connectivity index (χ1) is 9.95. The first-order valence-electron chi connectivity index (χ1n) is 7.99. The molecule has 2 saturated carbocycles. The average Bonchev–Trinajstić information content (AvgIpc) is 3.11. The smallest absolute Gasteiger partial charge is 0.244 e. The van der Waals surface area contributed by atoms with Crippen molar-refractivity contribution in [3.05, 3.63) is 11.4 Å². The van der Waals surface area contributed by atoms with Crippen molar-refractivity contribution < 1.29 is 4.79 Å². The van der Waals surface area contributed by atoms with E-state index < -0.39 is 0 Å². The molecule has 116 valence electrons. The lowest BCUT2D eigenvalue weighted by molar-refractivity contribution is -0.131. The Morgan fingerprint density at radius 1 is 1.38 bits per heavy atom. The van der Waals surface area contributed by atoms with E-state index >= 15 is 0 Å². The van der Waals surface area contributed by atoms with E-state index in [4.69, 9.17) is 5.73 Å². The molecule has 2 fully saturated rings. The minimum atomic E-state index is 0.128. The van der Waals surface area contributed by atoms with Crippen LogP contribution in [0.4, 0.5) is 5.69 Å². The third-order valence-corrected chi connectivity index (χ3v) is 5.54. The van der Waals surface area contributed by atoms with Crippen molar-refractivity contribution in [1.82, 2.24) is 14.7 Å². The van der Waals surface area contributed by atoms with Crippen LogP contribution in [0.3, 0.4) is 0 Å². The Hall–Kier alpha value is -1.52. The fraction of sp³-hybridized carbons (Fsp3) is 0.750. The van der Waals surface area contributed by atoms with E-state index in [-0.39, 0.29) is 5.91 Å². The first-order valence-corrected chi connectivity index (χ1v) is 7.99. The lowest BCUT2D eigenvalue weighted by atomic mass is 9.88. The van der Waals surface area contributed by atoms with Gasteiger partial charge in [-0.15, -0.1) is 0 Å². The number of nitrogen functional groups attached to an aromatic ring is 1. The number of hydrogen-bond donors (Lipinski definition) is 1. The normalized spacial score (nSPS) is 27.3. The van der Waals surface area contributed by atoms with E-state index in [1.165, 1.54) is 25.7 Å². The fourth-order valence-corrected chi connectivity index (χ4v) is 4.17. The standard InChI is InChI=1S/C16H26N4O/c1-10-16(17)11(2)20(18-10)9-15(21)19(3)8-14-7-12-4-5-13(14)6-12/h12-14H,4-9,17H2,1-3H3. The molecule has 5 heteroatoms. The number of nitrogens with zero attached hydrogens (tertiary/aromatic N) is 3. The molecule has 21 heavy (non-hydrogen) atoms. The Morgan fingerprint density at radius 2 is 2.14 bits per heavy atom. The number of likely N-dealkylation sites (N-methyl/N-ethyl adjacent to an activating group) is 1. The van der Waals surface area contributed by atoms with Gasteiger partial charge in [0, 0.05) is 13.6 Å². The van der Waals surface area contributed by atoms with Gasteiger partial charge in [-0.3, -0.25) is 9.48 Å². The third-order valence-electron chi connectivity index (χ3n) is 5.54. The van der Waals surface area contributed by atoms with Crippen LogP contribution in [0.1, 0.15) is 37.1 Å². The zero-order valence-electron chi connectivity index (χ0n) is 13.3. The Bertz CT molecular complexity index is 551. The molecule has 2 aliphatic rings. The predicted octanol–water partition coefficient (Wildman–Crippen LogP) is 1.98. The molecule has 3 atom stereocenters. The summed E-state index contributed by atoms with van der Waals surface area (Å²) in [5, 5.41) is 4.35. The van der Waals surface area contributed by atoms with Crippen LogP contribution in [-0.4, -0.2) is 34.2 Å². The minimum absolute atomic E-state index is 0.128. The van der Waals surface area contributed by atoms with Crippen LogP contribution in [0.2, 0.25) is 0 Å². The van der Waals surface area contributed by atoms with Crippen molar-refractivity contribution >= 4 is 11.6 Å². The number of amides is 1. The molecule has 0 aromatic carbocycles. The molecule has 0 radical (unpaired) electrons. The number of hydrogen-bond acceptors (Lipinski definition) is 3. The molecule has 2 bridgehead atoms. The molecule has 0 aliphatic heterocycles. The number of aromatic nitrogens is 2. The van der Waals surface area contributed by atoms with E-state index in [0.29, 0.717) is 18.2 Å². The molecular formula is C16H26N4O. The number of anilines is 1. The summed E-state index contributed by atoms with van der Waals surface area (Å²) in [6, 6.07) is 0. The summed E-state index contributed by atoms with van der Waals surface area (Å²) in [4.78, 5) is 14.3. The maximum Gasteiger partial charge on any atom is 0.244 e. The van der Waals surface area contributed by atoms with E-state index in [1.807, 2.05) is 25.8 Å². The summed E-state index contributed by atoms with van der Waals surface area (Å²) < 4.78 is 1.73. The molecule has 0 spiro atoms. The van der Waals surface area contributed by atoms with E-state index in [1.54, 1.807) is 4.68 Å². The van der Waals surface area contributed by atoms with Gasteiger partial charge in [-0.05, 0) is 50.9 Å². The Balaban J connectivity index is 1.58. The Labute approximate surface area is 126 Å². The van der Waals surface area contributed by atoms with E-state index in [9.17, 15) is 4.79 Å². The molecule has 1 aromatic heterocycles. The molecule has 2 aliphatic carbocycles. The molecule has 1 aromatic rings. The minimum Gasteiger partial charge on any atom is -0.396 e. The van der Waals surface area contributed by atoms with Crippen LogP contribution in [-0.2, 0) is 11.3 Å². The maximum absolute atomic E-state index is 12.4. The highest BCUT2D eigenvalue weighted by molar-refractivity contribution is 5.76. The van der Waals surface area contributed by atoms with Gasteiger partial charge in [0.1, 0.15) is 6.54 Å². The van der Waals surface area contributed by atoms with E-state index in [0.717, 1.165) is 29.8 Å². The fourth-order valence-electron chi connectivity index (χ4n) is 4.17. The van der Waals surface area contributed by atoms with Crippen LogP contribution < -0.4 is 5.73 Å². The summed E-state index contributed by atoms with van der Waals surface area (Å²) in [5.74, 6) is 2.63. The second kappa shape index (κ2) is 5.35. The summed E-state index contributed by atoms with van der Waals surface area (Å²) >= 11 is 0. The topological polar surface area (TPSA) is 64.2 Å². The van der Waals surface area contributed by atoms with Crippen LogP contribution in [0.25, 0.3) is 0 Å². The largest absolute Gasteiger partial charge is 0.396 e. The van der Waals surface area contributed by atoms with Gasteiger partial charge in [-0.25, -0.2) is 0 Å². The highest BCUT2D eigenvalue weighted by atomic mass is 16.2. The summed E-state index contributed by atoms with van der Waals surface area (Å²) in [6.45, 7) is 4.98. The number of rotatable bonds is 4. The van der Waals surface area contributed by atoms with Gasteiger partial charge in [-0.1, -0.05) is 6.42 Å². The van der Waals surface area contributed by atoms with Crippen molar-refractivity contribution in [3.63, 3.8) is 0 Å². The van der Waals surface area contributed by atoms with Crippen LogP contribution in [0.15, 0.2) is 0 Å². The molecule has 3 rings (SSSR count). The zero-order chi connectivity index (χ0) is 15.1. The number of fused-ring (bicyclic) bond motifs is 2. The number of carbonyl (C=O) groups excluding carboxylic acids is 1.